The summed E-state index contributed by atoms with van der Waals surface area (Å²) in [7, 11) is 0. The quantitative estimate of drug-likeness (QED) is 0.430. The third kappa shape index (κ3) is 4.75. The molecule has 0 radical (unpaired) electrons. The van der Waals surface area contributed by atoms with Gasteiger partial charge in [-0.2, -0.15) is 0 Å². The molecule has 0 aromatic heterocycles. The summed E-state index contributed by atoms with van der Waals surface area (Å²) < 4.78 is 14.5. The van der Waals surface area contributed by atoms with Crippen molar-refractivity contribution in [3.63, 3.8) is 0 Å². The van der Waals surface area contributed by atoms with Gasteiger partial charge in [-0.15, -0.1) is 0 Å². The van der Waals surface area contributed by atoms with Gasteiger partial charge in [-0.1, -0.05) is 35.8 Å². The standard InChI is InChI=1S/C7H8.CHNO/c1-7-5-3-2-4-6-7;2-1-3/h2-6H,1H3;2H/i5D,6D;. The summed E-state index contributed by atoms with van der Waals surface area (Å²) in [6.07, 6.45) is 0.750. The van der Waals surface area contributed by atoms with Crippen molar-refractivity contribution in [1.29, 1.82) is 5.41 Å². The fraction of sp³-hybridized carbons (Fsp3) is 0.125. The Balaban J connectivity index is 0.000000354. The van der Waals surface area contributed by atoms with Gasteiger partial charge in [-0.05, 0) is 6.92 Å². The highest BCUT2D eigenvalue weighted by molar-refractivity contribution is 5.26. The van der Waals surface area contributed by atoms with E-state index < -0.39 is 0 Å². The molecule has 0 bridgehead atoms. The summed E-state index contributed by atoms with van der Waals surface area (Å²) in [5, 5.41) is 5.40. The number of carbonyl (C=O) groups excluding carboxylic acids is 1. The van der Waals surface area contributed by atoms with Gasteiger partial charge in [0.2, 0.25) is 6.08 Å². The zero-order valence-corrected chi connectivity index (χ0v) is 5.64. The molecule has 1 N–H and O–H groups in total. The van der Waals surface area contributed by atoms with E-state index in [4.69, 9.17) is 12.9 Å². The lowest BCUT2D eigenvalue weighted by Gasteiger charge is -1.82. The molecule has 0 heterocycles. The zero-order valence-electron chi connectivity index (χ0n) is 7.64. The Kier molecular flexibility index (Phi) is 3.09. The second kappa shape index (κ2) is 5.73. The minimum atomic E-state index is 0.447. The van der Waals surface area contributed by atoms with Crippen molar-refractivity contribution in [2.75, 3.05) is 0 Å². The Morgan fingerprint density at radius 2 is 1.90 bits per heavy atom. The Hall–Kier alpha value is -1.40. The summed E-state index contributed by atoms with van der Waals surface area (Å²) >= 11 is 0. The van der Waals surface area contributed by atoms with Crippen LogP contribution in [0.15, 0.2) is 30.3 Å². The summed E-state index contributed by atoms with van der Waals surface area (Å²) in [5.41, 5.74) is 0.748. The number of nitrogens with one attached hydrogen (secondary N) is 1. The van der Waals surface area contributed by atoms with Crippen LogP contribution in [0.4, 0.5) is 0 Å². The molecule has 10 heavy (non-hydrogen) atoms. The van der Waals surface area contributed by atoms with Gasteiger partial charge in [0.05, 0.1) is 2.74 Å². The Morgan fingerprint density at radius 3 is 2.20 bits per heavy atom. The average molecular weight is 137 g/mol. The monoisotopic (exact) mass is 137 g/mol. The van der Waals surface area contributed by atoms with Gasteiger partial charge in [0, 0.05) is 0 Å². The van der Waals surface area contributed by atoms with Gasteiger partial charge in [0.1, 0.15) is 0 Å². The van der Waals surface area contributed by atoms with Crippen LogP contribution >= 0.6 is 0 Å². The molecule has 0 atom stereocenters. The van der Waals surface area contributed by atoms with E-state index in [0.29, 0.717) is 12.1 Å². The molecule has 0 aliphatic rings. The van der Waals surface area contributed by atoms with Crippen LogP contribution < -0.4 is 0 Å². The molecule has 52 valence electrons. The largest absolute Gasteiger partial charge is 0.231 e. The minimum absolute atomic E-state index is 0.447. The first-order chi connectivity index (χ1) is 5.63. The molecular weight excluding hydrogens is 126 g/mol. The van der Waals surface area contributed by atoms with Crippen LogP contribution in [0.3, 0.4) is 0 Å². The van der Waals surface area contributed by atoms with E-state index in [1.165, 1.54) is 0 Å². The Morgan fingerprint density at radius 1 is 1.50 bits per heavy atom. The maximum absolute atomic E-state index is 8.35. The van der Waals surface area contributed by atoms with E-state index in [2.05, 4.69) is 0 Å². The van der Waals surface area contributed by atoms with Crippen LogP contribution in [0.5, 0.6) is 0 Å². The lowest BCUT2D eigenvalue weighted by Crippen LogP contribution is -1.62. The van der Waals surface area contributed by atoms with Crippen LogP contribution in [0, 0.1) is 12.3 Å². The minimum Gasteiger partial charge on any atom is -0.222 e. The molecule has 0 saturated heterocycles. The SMILES string of the molecule is N=C=O.[2H]c1cccc([2H])c1C. The molecule has 1 aromatic rings. The normalized spacial score (nSPS) is 9.70. The van der Waals surface area contributed by atoms with Crippen molar-refractivity contribution in [1.82, 2.24) is 0 Å². The van der Waals surface area contributed by atoms with Crippen molar-refractivity contribution >= 4 is 6.08 Å². The molecule has 0 unspecified atom stereocenters. The molecule has 0 amide bonds. The van der Waals surface area contributed by atoms with E-state index in [1.807, 2.05) is 0 Å². The van der Waals surface area contributed by atoms with Crippen molar-refractivity contribution in [2.45, 2.75) is 6.92 Å². The third-order valence-electron chi connectivity index (χ3n) is 0.792. The Bertz CT molecular complexity index is 273. The zero-order chi connectivity index (χ0) is 9.56. The number of rotatable bonds is 0. The highest BCUT2D eigenvalue weighted by Crippen LogP contribution is 1.92. The molecule has 0 aliphatic carbocycles. The van der Waals surface area contributed by atoms with Gasteiger partial charge < -0.3 is 0 Å². The van der Waals surface area contributed by atoms with E-state index >= 15 is 0 Å². The number of hydrogen-bond acceptors (Lipinski definition) is 2. The topological polar surface area (TPSA) is 40.9 Å². The highest BCUT2D eigenvalue weighted by Gasteiger charge is 1.72. The first kappa shape index (κ1) is 5.39. The van der Waals surface area contributed by atoms with Crippen molar-refractivity contribution in [3.8, 4) is 0 Å². The number of isocyanates is 1. The lowest BCUT2D eigenvalue weighted by atomic mass is 10.2. The van der Waals surface area contributed by atoms with Gasteiger partial charge in [-0.25, -0.2) is 10.2 Å². The van der Waals surface area contributed by atoms with Crippen molar-refractivity contribution in [3.05, 3.63) is 35.8 Å². The average Bonchev–Trinajstić information content (AvgIpc) is 2.02. The molecular formula is C8H9NO. The van der Waals surface area contributed by atoms with Gasteiger partial charge in [-0.3, -0.25) is 0 Å². The second-order valence-electron chi connectivity index (χ2n) is 1.54. The molecule has 2 nitrogen and oxygen atoms in total. The fourth-order valence-electron chi connectivity index (χ4n) is 0.436. The lowest BCUT2D eigenvalue weighted by molar-refractivity contribution is 0.563. The molecule has 1 rings (SSSR count). The van der Waals surface area contributed by atoms with Crippen molar-refractivity contribution < 1.29 is 7.54 Å². The van der Waals surface area contributed by atoms with E-state index in [1.54, 1.807) is 25.1 Å². The van der Waals surface area contributed by atoms with Crippen LogP contribution in [-0.2, 0) is 4.79 Å². The summed E-state index contributed by atoms with van der Waals surface area (Å²) in [5.74, 6) is 0. The number of hydrogen-bond donors (Lipinski definition) is 1. The van der Waals surface area contributed by atoms with E-state index in [0.717, 1.165) is 11.6 Å². The van der Waals surface area contributed by atoms with Crippen LogP contribution in [0.2, 0.25) is 0 Å². The maximum atomic E-state index is 8.35. The second-order valence-corrected chi connectivity index (χ2v) is 1.54. The van der Waals surface area contributed by atoms with Gasteiger partial charge in [0.15, 0.2) is 0 Å². The van der Waals surface area contributed by atoms with E-state index in [9.17, 15) is 0 Å². The molecule has 2 heteroatoms. The van der Waals surface area contributed by atoms with E-state index in [-0.39, 0.29) is 0 Å². The van der Waals surface area contributed by atoms with Crippen LogP contribution in [0.25, 0.3) is 0 Å². The first-order valence-electron chi connectivity index (χ1n) is 3.70. The van der Waals surface area contributed by atoms with Crippen LogP contribution in [0.1, 0.15) is 8.30 Å². The summed E-state index contributed by atoms with van der Waals surface area (Å²) in [6.45, 7) is 1.78. The molecule has 0 aliphatic heterocycles. The number of benzene rings is 1. The smallest absolute Gasteiger partial charge is 0.222 e. The molecule has 0 fully saturated rings. The highest BCUT2D eigenvalue weighted by atomic mass is 16.1. The third-order valence-corrected chi connectivity index (χ3v) is 0.792. The summed E-state index contributed by atoms with van der Waals surface area (Å²) in [4.78, 5) is 8.35. The first-order valence-corrected chi connectivity index (χ1v) is 2.70. The Labute approximate surface area is 62.8 Å². The fourth-order valence-corrected chi connectivity index (χ4v) is 0.436. The van der Waals surface area contributed by atoms with Crippen LogP contribution in [-0.4, -0.2) is 6.08 Å². The van der Waals surface area contributed by atoms with Crippen molar-refractivity contribution in [2.24, 2.45) is 0 Å². The van der Waals surface area contributed by atoms with Gasteiger partial charge >= 0.3 is 0 Å². The molecule has 1 aromatic carbocycles. The summed E-state index contributed by atoms with van der Waals surface area (Å²) in [6, 6.07) is 5.99. The predicted molar refractivity (Wildman–Crippen MR) is 39.6 cm³/mol. The molecule has 0 saturated carbocycles. The predicted octanol–water partition coefficient (Wildman–Crippen LogP) is 1.90. The van der Waals surface area contributed by atoms with Gasteiger partial charge in [0.25, 0.3) is 0 Å². The molecule has 0 spiro atoms. The maximum Gasteiger partial charge on any atom is 0.231 e.